The van der Waals surface area contributed by atoms with E-state index < -0.39 is 5.41 Å². The van der Waals surface area contributed by atoms with Crippen LogP contribution in [0.2, 0.25) is 0 Å². The Kier molecular flexibility index (Phi) is 5.42. The van der Waals surface area contributed by atoms with Crippen LogP contribution < -0.4 is 14.8 Å². The van der Waals surface area contributed by atoms with Gasteiger partial charge in [0.05, 0.1) is 25.6 Å². The Bertz CT molecular complexity index is 1000. The van der Waals surface area contributed by atoms with Crippen LogP contribution in [0.25, 0.3) is 16.4 Å². The first-order valence-electron chi connectivity index (χ1n) is 8.79. The highest BCUT2D eigenvalue weighted by molar-refractivity contribution is 7.12. The number of nitrogens with one attached hydrogen (secondary N) is 1. The number of rotatable bonds is 5. The summed E-state index contributed by atoms with van der Waals surface area (Å²) >= 11 is 1.45. The number of carbonyl (C=O) groups is 1. The summed E-state index contributed by atoms with van der Waals surface area (Å²) < 4.78 is 12.3. The van der Waals surface area contributed by atoms with Gasteiger partial charge >= 0.3 is 0 Å². The molecule has 2 aromatic heterocycles. The molecule has 28 heavy (non-hydrogen) atoms. The van der Waals surface area contributed by atoms with E-state index in [0.717, 1.165) is 17.0 Å². The molecule has 7 nitrogen and oxygen atoms in total. The van der Waals surface area contributed by atoms with E-state index in [1.165, 1.54) is 11.3 Å². The van der Waals surface area contributed by atoms with E-state index in [1.807, 2.05) is 57.3 Å². The van der Waals surface area contributed by atoms with Gasteiger partial charge in [0.1, 0.15) is 5.82 Å². The number of benzene rings is 1. The van der Waals surface area contributed by atoms with Gasteiger partial charge in [-0.1, -0.05) is 20.8 Å². The van der Waals surface area contributed by atoms with Crippen molar-refractivity contribution in [1.82, 2.24) is 14.8 Å². The molecule has 2 heterocycles. The Labute approximate surface area is 168 Å². The van der Waals surface area contributed by atoms with Gasteiger partial charge in [0, 0.05) is 22.4 Å². The Morgan fingerprint density at radius 1 is 1.14 bits per heavy atom. The zero-order chi connectivity index (χ0) is 20.5. The summed E-state index contributed by atoms with van der Waals surface area (Å²) in [5.41, 5.74) is 2.00. The molecule has 0 bridgehead atoms. The molecule has 0 saturated heterocycles. The molecule has 3 rings (SSSR count). The number of methoxy groups -OCH3 is 2. The number of hydrogen-bond donors (Lipinski definition) is 1. The topological polar surface area (TPSA) is 78.3 Å². The fourth-order valence-electron chi connectivity index (χ4n) is 2.53. The van der Waals surface area contributed by atoms with E-state index in [0.29, 0.717) is 22.4 Å². The molecular formula is C20H24N4O3S. The van der Waals surface area contributed by atoms with Crippen LogP contribution in [0.15, 0.2) is 29.6 Å². The van der Waals surface area contributed by atoms with Gasteiger partial charge in [-0.3, -0.25) is 4.79 Å². The van der Waals surface area contributed by atoms with Crippen LogP contribution in [-0.2, 0) is 4.79 Å². The maximum Gasteiger partial charge on any atom is 0.230 e. The number of ether oxygens (including phenoxy) is 2. The normalized spacial score (nSPS) is 11.4. The van der Waals surface area contributed by atoms with Crippen LogP contribution in [0.3, 0.4) is 0 Å². The van der Waals surface area contributed by atoms with E-state index in [9.17, 15) is 4.79 Å². The van der Waals surface area contributed by atoms with E-state index in [-0.39, 0.29) is 5.91 Å². The van der Waals surface area contributed by atoms with Gasteiger partial charge in [-0.15, -0.1) is 11.3 Å². The molecule has 1 N–H and O–H groups in total. The largest absolute Gasteiger partial charge is 0.493 e. The maximum absolute atomic E-state index is 12.4. The summed E-state index contributed by atoms with van der Waals surface area (Å²) in [4.78, 5) is 17.1. The smallest absolute Gasteiger partial charge is 0.230 e. The average molecular weight is 401 g/mol. The van der Waals surface area contributed by atoms with Crippen LogP contribution in [0.1, 0.15) is 26.5 Å². The highest BCUT2D eigenvalue weighted by Gasteiger charge is 2.23. The number of carbonyl (C=O) groups excluding carboxylic acids is 1. The first-order valence-corrected chi connectivity index (χ1v) is 9.67. The van der Waals surface area contributed by atoms with Gasteiger partial charge in [0.15, 0.2) is 11.5 Å². The fraction of sp³-hybridized carbons (Fsp3) is 0.350. The highest BCUT2D eigenvalue weighted by Crippen LogP contribution is 2.33. The van der Waals surface area contributed by atoms with Crippen LogP contribution in [0.4, 0.5) is 5.82 Å². The van der Waals surface area contributed by atoms with Crippen LogP contribution in [0.5, 0.6) is 11.5 Å². The van der Waals surface area contributed by atoms with E-state index in [2.05, 4.69) is 10.4 Å². The number of aryl methyl sites for hydroxylation is 1. The molecule has 0 unspecified atom stereocenters. The molecule has 0 aliphatic carbocycles. The first kappa shape index (κ1) is 19.9. The van der Waals surface area contributed by atoms with Crippen molar-refractivity contribution in [1.29, 1.82) is 0 Å². The van der Waals surface area contributed by atoms with Gasteiger partial charge in [0.2, 0.25) is 11.0 Å². The minimum Gasteiger partial charge on any atom is -0.493 e. The molecule has 0 aliphatic heterocycles. The molecule has 148 valence electrons. The molecule has 0 aliphatic rings. The number of amides is 1. The third-order valence-electron chi connectivity index (χ3n) is 4.11. The van der Waals surface area contributed by atoms with Crippen LogP contribution in [0, 0.1) is 12.3 Å². The molecule has 0 atom stereocenters. The number of nitrogens with zero attached hydrogens (tertiary/aromatic N) is 3. The third-order valence-corrected chi connectivity index (χ3v) is 4.92. The summed E-state index contributed by atoms with van der Waals surface area (Å²) in [5.74, 6) is 1.83. The van der Waals surface area contributed by atoms with Crippen molar-refractivity contribution in [2.24, 2.45) is 5.41 Å². The minimum absolute atomic E-state index is 0.0784. The van der Waals surface area contributed by atoms with Crippen molar-refractivity contribution in [2.45, 2.75) is 27.7 Å². The molecule has 1 aromatic carbocycles. The Morgan fingerprint density at radius 2 is 1.86 bits per heavy atom. The maximum atomic E-state index is 12.4. The average Bonchev–Trinajstić information content (AvgIpc) is 3.27. The zero-order valence-electron chi connectivity index (χ0n) is 16.9. The predicted octanol–water partition coefficient (Wildman–Crippen LogP) is 4.31. The standard InChI is InChI=1S/C20H24N4O3S/c1-12-9-17(22-18(25)20(2,3)4)24(23-12)19-21-14(11-28-19)13-7-8-15(26-5)16(10-13)27-6/h7-11H,1-6H3,(H,22,25). The van der Waals surface area contributed by atoms with Gasteiger partial charge in [0.25, 0.3) is 0 Å². The van der Waals surface area contributed by atoms with Crippen molar-refractivity contribution in [3.05, 3.63) is 35.3 Å². The van der Waals surface area contributed by atoms with Gasteiger partial charge in [-0.2, -0.15) is 9.78 Å². The lowest BCUT2D eigenvalue weighted by Gasteiger charge is -2.17. The third kappa shape index (κ3) is 4.01. The summed E-state index contributed by atoms with van der Waals surface area (Å²) in [6.45, 7) is 7.49. The van der Waals surface area contributed by atoms with Gasteiger partial charge in [-0.25, -0.2) is 4.98 Å². The lowest BCUT2D eigenvalue weighted by molar-refractivity contribution is -0.123. The molecule has 8 heteroatoms. The second kappa shape index (κ2) is 7.63. The molecule has 1 amide bonds. The molecule has 3 aromatic rings. The summed E-state index contributed by atoms with van der Waals surface area (Å²) in [5, 5.41) is 10.0. The van der Waals surface area contributed by atoms with Crippen LogP contribution >= 0.6 is 11.3 Å². The van der Waals surface area contributed by atoms with E-state index >= 15 is 0 Å². The zero-order valence-corrected chi connectivity index (χ0v) is 17.7. The van der Waals surface area contributed by atoms with Crippen molar-refractivity contribution in [3.63, 3.8) is 0 Å². The summed E-state index contributed by atoms with van der Waals surface area (Å²) in [6, 6.07) is 7.49. The monoisotopic (exact) mass is 400 g/mol. The fourth-order valence-corrected chi connectivity index (χ4v) is 3.32. The van der Waals surface area contributed by atoms with E-state index in [1.54, 1.807) is 18.9 Å². The second-order valence-corrected chi connectivity index (χ2v) is 8.21. The van der Waals surface area contributed by atoms with Gasteiger partial charge in [-0.05, 0) is 25.1 Å². The van der Waals surface area contributed by atoms with Crippen LogP contribution in [-0.4, -0.2) is 34.9 Å². The molecule has 0 saturated carbocycles. The molecular weight excluding hydrogens is 376 g/mol. The quantitative estimate of drug-likeness (QED) is 0.691. The van der Waals surface area contributed by atoms with Crippen molar-refractivity contribution in [2.75, 3.05) is 19.5 Å². The predicted molar refractivity (Wildman–Crippen MR) is 111 cm³/mol. The number of aromatic nitrogens is 3. The minimum atomic E-state index is -0.503. The number of thiazole rings is 1. The second-order valence-electron chi connectivity index (χ2n) is 7.37. The van der Waals surface area contributed by atoms with Crippen molar-refractivity contribution >= 4 is 23.1 Å². The molecule has 0 fully saturated rings. The molecule has 0 radical (unpaired) electrons. The lowest BCUT2D eigenvalue weighted by Crippen LogP contribution is -2.28. The van der Waals surface area contributed by atoms with E-state index in [4.69, 9.17) is 14.5 Å². The molecule has 0 spiro atoms. The Hall–Kier alpha value is -2.87. The Balaban J connectivity index is 1.94. The number of hydrogen-bond acceptors (Lipinski definition) is 6. The lowest BCUT2D eigenvalue weighted by atomic mass is 9.96. The SMILES string of the molecule is COc1ccc(-c2csc(-n3nc(C)cc3NC(=O)C(C)(C)C)n2)cc1OC. The Morgan fingerprint density at radius 3 is 2.50 bits per heavy atom. The summed E-state index contributed by atoms with van der Waals surface area (Å²) in [7, 11) is 3.21. The van der Waals surface area contributed by atoms with Gasteiger partial charge < -0.3 is 14.8 Å². The first-order chi connectivity index (χ1) is 13.2. The van der Waals surface area contributed by atoms with Crippen molar-refractivity contribution < 1.29 is 14.3 Å². The summed E-state index contributed by atoms with van der Waals surface area (Å²) in [6.07, 6.45) is 0. The number of anilines is 1. The van der Waals surface area contributed by atoms with Crippen molar-refractivity contribution in [3.8, 4) is 27.9 Å². The highest BCUT2D eigenvalue weighted by atomic mass is 32.1.